The number of benzene rings is 1. The van der Waals surface area contributed by atoms with Gasteiger partial charge in [0.05, 0.1) is 23.1 Å². The average Bonchev–Trinajstić information content (AvgIpc) is 3.18. The second-order valence-corrected chi connectivity index (χ2v) is 7.49. The van der Waals surface area contributed by atoms with Crippen molar-refractivity contribution < 1.29 is 4.79 Å². The highest BCUT2D eigenvalue weighted by molar-refractivity contribution is 7.99. The fourth-order valence-electron chi connectivity index (χ4n) is 2.98. The maximum absolute atomic E-state index is 12.1. The summed E-state index contributed by atoms with van der Waals surface area (Å²) in [7, 11) is 0. The minimum Gasteiger partial charge on any atom is -0.331 e. The van der Waals surface area contributed by atoms with Gasteiger partial charge in [-0.2, -0.15) is 0 Å². The van der Waals surface area contributed by atoms with Gasteiger partial charge in [0.1, 0.15) is 0 Å². The van der Waals surface area contributed by atoms with Crippen LogP contribution < -0.4 is 11.1 Å². The Labute approximate surface area is 165 Å². The third-order valence-corrected chi connectivity index (χ3v) is 5.43. The highest BCUT2D eigenvalue weighted by Gasteiger charge is 2.23. The number of rotatable bonds is 8. The number of pyridine rings is 1. The molecule has 142 valence electrons. The van der Waals surface area contributed by atoms with Crippen molar-refractivity contribution in [1.82, 2.24) is 15.2 Å². The van der Waals surface area contributed by atoms with E-state index in [1.165, 1.54) is 5.39 Å². The molecule has 0 spiro atoms. The van der Waals surface area contributed by atoms with Crippen molar-refractivity contribution in [3.63, 3.8) is 0 Å². The molecule has 5 nitrogen and oxygen atoms in total. The van der Waals surface area contributed by atoms with Crippen LogP contribution in [0.1, 0.15) is 25.0 Å². The van der Waals surface area contributed by atoms with Crippen LogP contribution in [0.2, 0.25) is 0 Å². The van der Waals surface area contributed by atoms with E-state index in [2.05, 4.69) is 28.5 Å². The molecule has 2 aromatic rings. The number of fused-ring (bicyclic) bond motifs is 1. The summed E-state index contributed by atoms with van der Waals surface area (Å²) in [5, 5.41) is 4.59. The first-order chi connectivity index (χ1) is 12.2. The Balaban J connectivity index is 0.00000243. The van der Waals surface area contributed by atoms with E-state index in [4.69, 9.17) is 5.73 Å². The van der Waals surface area contributed by atoms with Crippen LogP contribution >= 0.6 is 24.2 Å². The monoisotopic (exact) mass is 394 g/mol. The molecule has 0 bridgehead atoms. The number of nitrogens with zero attached hydrogens (tertiary/aromatic N) is 2. The number of thioether (sulfide) groups is 1. The zero-order chi connectivity index (χ0) is 17.5. The first-order valence-corrected chi connectivity index (χ1v) is 10.1. The number of carbonyl (C=O) groups is 1. The van der Waals surface area contributed by atoms with Gasteiger partial charge in [-0.3, -0.25) is 9.78 Å². The second kappa shape index (κ2) is 10.7. The summed E-state index contributed by atoms with van der Waals surface area (Å²) in [6.45, 7) is 2.52. The standard InChI is InChI=1S/C19H26N4OS.ClH/c20-17(19(24)23-11-12-25-14-23)6-3-4-10-21-13-16-9-8-15-5-1-2-7-18(15)22-16;/h1-2,5,7-9,17,21H,3-4,6,10-14,20H2;1H/t17-;/m0./s1. The SMILES string of the molecule is Cl.N[C@@H](CCCCNCc1ccc2ccccc2n1)C(=O)N1CCSC1. The lowest BCUT2D eigenvalue weighted by Gasteiger charge is -2.19. The van der Waals surface area contributed by atoms with E-state index in [9.17, 15) is 4.79 Å². The van der Waals surface area contributed by atoms with Gasteiger partial charge in [0, 0.05) is 24.2 Å². The van der Waals surface area contributed by atoms with Crippen LogP contribution in [0.4, 0.5) is 0 Å². The number of amides is 1. The highest BCUT2D eigenvalue weighted by atomic mass is 35.5. The van der Waals surface area contributed by atoms with Gasteiger partial charge in [-0.1, -0.05) is 30.7 Å². The molecule has 1 amide bonds. The lowest BCUT2D eigenvalue weighted by molar-refractivity contribution is -0.131. The molecule has 7 heteroatoms. The van der Waals surface area contributed by atoms with Gasteiger partial charge in [0.25, 0.3) is 0 Å². The predicted octanol–water partition coefficient (Wildman–Crippen LogP) is 2.78. The molecule has 2 heterocycles. The molecule has 1 aromatic heterocycles. The van der Waals surface area contributed by atoms with Crippen molar-refractivity contribution in [1.29, 1.82) is 0 Å². The number of nitrogens with two attached hydrogens (primary N) is 1. The van der Waals surface area contributed by atoms with Crippen LogP contribution in [-0.2, 0) is 11.3 Å². The molecule has 1 aromatic carbocycles. The van der Waals surface area contributed by atoms with Crippen molar-refractivity contribution in [3.05, 3.63) is 42.1 Å². The van der Waals surface area contributed by atoms with Crippen molar-refractivity contribution in [2.75, 3.05) is 24.7 Å². The largest absolute Gasteiger partial charge is 0.331 e. The summed E-state index contributed by atoms with van der Waals surface area (Å²) >= 11 is 1.79. The van der Waals surface area contributed by atoms with Gasteiger partial charge < -0.3 is 16.0 Å². The Hall–Kier alpha value is -1.34. The van der Waals surface area contributed by atoms with E-state index < -0.39 is 0 Å². The zero-order valence-corrected chi connectivity index (χ0v) is 16.5. The van der Waals surface area contributed by atoms with Gasteiger partial charge in [-0.15, -0.1) is 24.2 Å². The summed E-state index contributed by atoms with van der Waals surface area (Å²) in [5.41, 5.74) is 8.11. The number of halogens is 1. The Bertz CT molecular complexity index is 709. The predicted molar refractivity (Wildman–Crippen MR) is 112 cm³/mol. The summed E-state index contributed by atoms with van der Waals surface area (Å²) in [6, 6.07) is 12.0. The Morgan fingerprint density at radius 3 is 2.92 bits per heavy atom. The van der Waals surface area contributed by atoms with Gasteiger partial charge in [-0.05, 0) is 31.5 Å². The minimum absolute atomic E-state index is 0. The molecule has 1 aliphatic rings. The minimum atomic E-state index is -0.346. The molecule has 3 rings (SSSR count). The molecule has 1 saturated heterocycles. The van der Waals surface area contributed by atoms with Crippen molar-refractivity contribution in [2.24, 2.45) is 5.73 Å². The molecule has 1 fully saturated rings. The summed E-state index contributed by atoms with van der Waals surface area (Å²) < 4.78 is 0. The van der Waals surface area contributed by atoms with E-state index in [0.717, 1.165) is 61.7 Å². The summed E-state index contributed by atoms with van der Waals surface area (Å²) in [5.74, 6) is 1.94. The number of carbonyl (C=O) groups excluding carboxylic acids is 1. The first-order valence-electron chi connectivity index (χ1n) is 8.91. The van der Waals surface area contributed by atoms with Gasteiger partial charge in [0.15, 0.2) is 0 Å². The van der Waals surface area contributed by atoms with Gasteiger partial charge in [-0.25, -0.2) is 0 Å². The van der Waals surface area contributed by atoms with Gasteiger partial charge in [0.2, 0.25) is 5.91 Å². The Kier molecular flexibility index (Phi) is 8.65. The number of para-hydroxylation sites is 1. The third kappa shape index (κ3) is 5.84. The van der Waals surface area contributed by atoms with Crippen LogP contribution in [-0.4, -0.2) is 46.6 Å². The maximum atomic E-state index is 12.1. The molecular formula is C19H27ClN4OS. The molecule has 3 N–H and O–H groups in total. The van der Waals surface area contributed by atoms with Crippen molar-refractivity contribution >= 4 is 41.0 Å². The Morgan fingerprint density at radius 1 is 1.27 bits per heavy atom. The first kappa shape index (κ1) is 21.0. The van der Waals surface area contributed by atoms with E-state index in [1.807, 2.05) is 23.1 Å². The summed E-state index contributed by atoms with van der Waals surface area (Å²) in [4.78, 5) is 18.6. The lowest BCUT2D eigenvalue weighted by Crippen LogP contribution is -2.42. The van der Waals surface area contributed by atoms with Crippen molar-refractivity contribution in [2.45, 2.75) is 31.8 Å². The number of nitrogens with one attached hydrogen (secondary N) is 1. The molecule has 1 aliphatic heterocycles. The molecule has 1 atom stereocenters. The highest BCUT2D eigenvalue weighted by Crippen LogP contribution is 2.15. The van der Waals surface area contributed by atoms with Crippen LogP contribution in [0, 0.1) is 0 Å². The van der Waals surface area contributed by atoms with Crippen LogP contribution in [0.5, 0.6) is 0 Å². The van der Waals surface area contributed by atoms with Crippen LogP contribution in [0.25, 0.3) is 10.9 Å². The number of hydrogen-bond acceptors (Lipinski definition) is 5. The number of unbranched alkanes of at least 4 members (excludes halogenated alkanes) is 1. The van der Waals surface area contributed by atoms with E-state index in [1.54, 1.807) is 11.8 Å². The number of hydrogen-bond donors (Lipinski definition) is 2. The molecule has 26 heavy (non-hydrogen) atoms. The van der Waals surface area contributed by atoms with Crippen molar-refractivity contribution in [3.8, 4) is 0 Å². The van der Waals surface area contributed by atoms with Crippen LogP contribution in [0.15, 0.2) is 36.4 Å². The van der Waals surface area contributed by atoms with E-state index in [0.29, 0.717) is 0 Å². The van der Waals surface area contributed by atoms with Crippen LogP contribution in [0.3, 0.4) is 0 Å². The smallest absolute Gasteiger partial charge is 0.240 e. The van der Waals surface area contributed by atoms with E-state index >= 15 is 0 Å². The fraction of sp³-hybridized carbons (Fsp3) is 0.474. The molecule has 0 unspecified atom stereocenters. The normalized spacial score (nSPS) is 15.0. The Morgan fingerprint density at radius 2 is 2.12 bits per heavy atom. The summed E-state index contributed by atoms with van der Waals surface area (Å²) in [6.07, 6.45) is 2.74. The molecule has 0 radical (unpaired) electrons. The van der Waals surface area contributed by atoms with Gasteiger partial charge >= 0.3 is 0 Å². The lowest BCUT2D eigenvalue weighted by atomic mass is 10.1. The average molecular weight is 395 g/mol. The maximum Gasteiger partial charge on any atom is 0.240 e. The van der Waals surface area contributed by atoms with E-state index in [-0.39, 0.29) is 24.4 Å². The number of aromatic nitrogens is 1. The zero-order valence-electron chi connectivity index (χ0n) is 14.9. The molecule has 0 aliphatic carbocycles. The molecule has 0 saturated carbocycles. The third-order valence-electron chi connectivity index (χ3n) is 4.46. The molecular weight excluding hydrogens is 368 g/mol. The topological polar surface area (TPSA) is 71.2 Å². The quantitative estimate of drug-likeness (QED) is 0.673. The fourth-order valence-corrected chi connectivity index (χ4v) is 3.94. The second-order valence-electron chi connectivity index (χ2n) is 6.41.